The molecule has 0 spiro atoms. The van der Waals surface area contributed by atoms with Crippen molar-refractivity contribution in [2.45, 2.75) is 25.1 Å². The number of piperidine rings is 1. The molecular formula is C35H33N3O7. The summed E-state index contributed by atoms with van der Waals surface area (Å²) >= 11 is 0. The van der Waals surface area contributed by atoms with Crippen molar-refractivity contribution in [3.63, 3.8) is 0 Å². The number of hydrogen-bond donors (Lipinski definition) is 3. The normalized spacial score (nSPS) is 18.4. The van der Waals surface area contributed by atoms with Gasteiger partial charge in [-0.3, -0.25) is 14.4 Å². The number of nitrogens with zero attached hydrogens (tertiary/aromatic N) is 1. The molecular weight excluding hydrogens is 574 g/mol. The maximum Gasteiger partial charge on any atom is 0.258 e. The number of amides is 3. The lowest BCUT2D eigenvalue weighted by Gasteiger charge is -2.39. The lowest BCUT2D eigenvalue weighted by molar-refractivity contribution is -0.123. The molecule has 3 N–H and O–H groups in total. The van der Waals surface area contributed by atoms with Gasteiger partial charge in [0.15, 0.2) is 6.61 Å². The van der Waals surface area contributed by atoms with E-state index in [-0.39, 0.29) is 36.6 Å². The molecule has 1 saturated heterocycles. The van der Waals surface area contributed by atoms with E-state index in [9.17, 15) is 19.5 Å². The summed E-state index contributed by atoms with van der Waals surface area (Å²) in [6.45, 7) is 0.775. The third kappa shape index (κ3) is 6.85. The first-order valence-electron chi connectivity index (χ1n) is 14.7. The van der Waals surface area contributed by atoms with Crippen LogP contribution in [0.1, 0.15) is 32.7 Å². The third-order valence-electron chi connectivity index (χ3n) is 7.92. The molecule has 0 aliphatic carbocycles. The Bertz CT molecular complexity index is 1720. The zero-order valence-electron chi connectivity index (χ0n) is 24.7. The Kier molecular flexibility index (Phi) is 8.54. The van der Waals surface area contributed by atoms with Crippen molar-refractivity contribution in [2.24, 2.45) is 0 Å². The quantitative estimate of drug-likeness (QED) is 0.312. The van der Waals surface area contributed by atoms with Crippen molar-refractivity contribution in [1.82, 2.24) is 15.5 Å². The van der Waals surface area contributed by atoms with Crippen molar-refractivity contribution in [3.8, 4) is 34.1 Å². The van der Waals surface area contributed by atoms with Crippen molar-refractivity contribution >= 4 is 17.7 Å². The molecule has 4 aromatic rings. The minimum absolute atomic E-state index is 0.00494. The van der Waals surface area contributed by atoms with Gasteiger partial charge < -0.3 is 34.9 Å². The van der Waals surface area contributed by atoms with Gasteiger partial charge in [0.2, 0.25) is 0 Å². The van der Waals surface area contributed by atoms with E-state index in [1.165, 1.54) is 12.1 Å². The summed E-state index contributed by atoms with van der Waals surface area (Å²) in [5.74, 6) is 0.824. The average molecular weight is 608 g/mol. The summed E-state index contributed by atoms with van der Waals surface area (Å²) in [5, 5.41) is 15.9. The van der Waals surface area contributed by atoms with Crippen LogP contribution in [-0.2, 0) is 11.3 Å². The van der Waals surface area contributed by atoms with Crippen LogP contribution >= 0.6 is 0 Å². The topological polar surface area (TPSA) is 126 Å². The van der Waals surface area contributed by atoms with Crippen molar-refractivity contribution in [1.29, 1.82) is 0 Å². The molecule has 4 aromatic carbocycles. The monoisotopic (exact) mass is 607 g/mol. The molecule has 0 unspecified atom stereocenters. The number of carbonyl (C=O) groups is 3. The molecule has 0 saturated carbocycles. The number of likely N-dealkylation sites (tertiary alicyclic amines) is 1. The molecule has 7 rings (SSSR count). The Labute approximate surface area is 260 Å². The van der Waals surface area contributed by atoms with Crippen LogP contribution in [0.15, 0.2) is 91.0 Å². The van der Waals surface area contributed by atoms with E-state index in [1.807, 2.05) is 36.4 Å². The Morgan fingerprint density at radius 1 is 0.933 bits per heavy atom. The van der Waals surface area contributed by atoms with Crippen LogP contribution in [0.4, 0.5) is 0 Å². The van der Waals surface area contributed by atoms with Crippen LogP contribution in [0.2, 0.25) is 0 Å². The molecule has 3 amide bonds. The molecule has 2 atom stereocenters. The predicted molar refractivity (Wildman–Crippen MR) is 167 cm³/mol. The van der Waals surface area contributed by atoms with E-state index in [0.717, 1.165) is 11.1 Å². The Morgan fingerprint density at radius 2 is 1.76 bits per heavy atom. The Balaban J connectivity index is 1.34. The fourth-order valence-electron chi connectivity index (χ4n) is 5.56. The van der Waals surface area contributed by atoms with Gasteiger partial charge in [-0.25, -0.2) is 0 Å². The molecule has 230 valence electrons. The molecule has 10 nitrogen and oxygen atoms in total. The molecule has 45 heavy (non-hydrogen) atoms. The number of phenolic OH excluding ortho intramolecular Hbond substituents is 1. The summed E-state index contributed by atoms with van der Waals surface area (Å²) in [6, 6.07) is 25.4. The highest BCUT2D eigenvalue weighted by molar-refractivity contribution is 5.97. The predicted octanol–water partition coefficient (Wildman–Crippen LogP) is 4.17. The Hall–Kier alpha value is -5.51. The maximum absolute atomic E-state index is 13.8. The highest BCUT2D eigenvalue weighted by Crippen LogP contribution is 2.33. The standard InChI is InChI=1S/C35H33N3O7/c1-43-31-13-10-24-18-29(31)23-4-3-7-28(17-23)44-21-33(40)36-19-22-8-11-27(12-9-22)45-32-14-15-38(20-30(32)37-34(24)41)35(42)25-5-2-6-26(39)16-25/h2-13,16-18,30,32,39H,14-15,19-21H2,1H3,(H,36,40)(H,37,41)/t30-,32-/m1/s1. The lowest BCUT2D eigenvalue weighted by Crippen LogP contribution is -2.58. The summed E-state index contributed by atoms with van der Waals surface area (Å²) in [5.41, 5.74) is 3.06. The second-order valence-electron chi connectivity index (χ2n) is 11.0. The summed E-state index contributed by atoms with van der Waals surface area (Å²) in [4.78, 5) is 41.3. The Morgan fingerprint density at radius 3 is 2.56 bits per heavy atom. The number of methoxy groups -OCH3 is 1. The number of fused-ring (bicyclic) bond motifs is 7. The second kappa shape index (κ2) is 13.0. The number of phenols is 1. The number of hydrogen-bond acceptors (Lipinski definition) is 7. The summed E-state index contributed by atoms with van der Waals surface area (Å²) in [7, 11) is 1.56. The van der Waals surface area contributed by atoms with E-state index in [2.05, 4.69) is 10.6 Å². The maximum atomic E-state index is 13.8. The van der Waals surface area contributed by atoms with Gasteiger partial charge in [-0.05, 0) is 71.8 Å². The molecule has 0 radical (unpaired) electrons. The SMILES string of the molecule is COc1ccc2cc1-c1cccc(c1)OCC(=O)NCc1ccc(cc1)O[C@@H]1CCN(C(=O)c3cccc(O)c3)C[C@H]1NC2=O. The largest absolute Gasteiger partial charge is 0.508 e. The van der Waals surface area contributed by atoms with E-state index in [0.29, 0.717) is 53.4 Å². The zero-order chi connectivity index (χ0) is 31.3. The molecule has 0 aromatic heterocycles. The van der Waals surface area contributed by atoms with Gasteiger partial charge in [0, 0.05) is 42.7 Å². The van der Waals surface area contributed by atoms with Crippen LogP contribution in [0.25, 0.3) is 11.1 Å². The van der Waals surface area contributed by atoms with Crippen LogP contribution in [-0.4, -0.2) is 66.7 Å². The van der Waals surface area contributed by atoms with Crippen LogP contribution in [0, 0.1) is 0 Å². The fourth-order valence-corrected chi connectivity index (χ4v) is 5.56. The van der Waals surface area contributed by atoms with Gasteiger partial charge in [0.25, 0.3) is 17.7 Å². The van der Waals surface area contributed by atoms with E-state index >= 15 is 0 Å². The lowest BCUT2D eigenvalue weighted by atomic mass is 9.98. The van der Waals surface area contributed by atoms with Gasteiger partial charge in [-0.15, -0.1) is 0 Å². The van der Waals surface area contributed by atoms with Gasteiger partial charge >= 0.3 is 0 Å². The molecule has 10 heteroatoms. The number of rotatable bonds is 2. The van der Waals surface area contributed by atoms with Gasteiger partial charge in [-0.2, -0.15) is 0 Å². The van der Waals surface area contributed by atoms with Crippen LogP contribution < -0.4 is 24.8 Å². The van der Waals surface area contributed by atoms with Crippen molar-refractivity contribution in [3.05, 3.63) is 108 Å². The zero-order valence-corrected chi connectivity index (χ0v) is 24.7. The minimum Gasteiger partial charge on any atom is -0.508 e. The first-order valence-corrected chi connectivity index (χ1v) is 14.7. The van der Waals surface area contributed by atoms with E-state index in [4.69, 9.17) is 14.2 Å². The number of ether oxygens (including phenoxy) is 3. The number of nitrogens with one attached hydrogen (secondary N) is 2. The van der Waals surface area contributed by atoms with Crippen molar-refractivity contribution < 1.29 is 33.7 Å². The molecule has 6 bridgehead atoms. The van der Waals surface area contributed by atoms with Crippen LogP contribution in [0.5, 0.6) is 23.0 Å². The number of aromatic hydroxyl groups is 1. The first kappa shape index (κ1) is 29.6. The van der Waals surface area contributed by atoms with Gasteiger partial charge in [0.1, 0.15) is 29.1 Å². The highest BCUT2D eigenvalue weighted by atomic mass is 16.5. The van der Waals surface area contributed by atoms with Crippen molar-refractivity contribution in [2.75, 3.05) is 26.8 Å². The number of benzene rings is 4. The van der Waals surface area contributed by atoms with Gasteiger partial charge in [0.05, 0.1) is 13.2 Å². The summed E-state index contributed by atoms with van der Waals surface area (Å²) in [6.07, 6.45) is 0.0402. The second-order valence-corrected chi connectivity index (χ2v) is 11.0. The molecule has 3 aliphatic rings. The molecule has 3 heterocycles. The minimum atomic E-state index is -0.542. The third-order valence-corrected chi connectivity index (χ3v) is 7.92. The van der Waals surface area contributed by atoms with Crippen LogP contribution in [0.3, 0.4) is 0 Å². The number of carbonyl (C=O) groups excluding carboxylic acids is 3. The van der Waals surface area contributed by atoms with Gasteiger partial charge in [-0.1, -0.05) is 30.3 Å². The smallest absolute Gasteiger partial charge is 0.258 e. The molecule has 1 fully saturated rings. The first-order chi connectivity index (χ1) is 21.9. The van der Waals surface area contributed by atoms with E-state index < -0.39 is 12.1 Å². The highest BCUT2D eigenvalue weighted by Gasteiger charge is 2.35. The average Bonchev–Trinajstić information content (AvgIpc) is 3.07. The van der Waals surface area contributed by atoms with E-state index in [1.54, 1.807) is 54.5 Å². The molecule has 3 aliphatic heterocycles. The fraction of sp³-hybridized carbons (Fsp3) is 0.229. The summed E-state index contributed by atoms with van der Waals surface area (Å²) < 4.78 is 17.7.